The van der Waals surface area contributed by atoms with Crippen LogP contribution in [0.4, 0.5) is 5.69 Å². The monoisotopic (exact) mass is 382 g/mol. The van der Waals surface area contributed by atoms with E-state index in [1.165, 1.54) is 5.01 Å². The lowest BCUT2D eigenvalue weighted by Gasteiger charge is -2.37. The quantitative estimate of drug-likeness (QED) is 0.804. The van der Waals surface area contributed by atoms with E-state index >= 15 is 0 Å². The normalized spacial score (nSPS) is 23.0. The average molecular weight is 382 g/mol. The van der Waals surface area contributed by atoms with Crippen molar-refractivity contribution in [2.24, 2.45) is 5.10 Å². The molecule has 1 atom stereocenters. The lowest BCUT2D eigenvalue weighted by atomic mass is 9.99. The molecule has 1 aromatic rings. The van der Waals surface area contributed by atoms with Crippen LogP contribution in [0.2, 0.25) is 0 Å². The van der Waals surface area contributed by atoms with Crippen molar-refractivity contribution in [2.45, 2.75) is 51.0 Å². The van der Waals surface area contributed by atoms with Gasteiger partial charge in [0, 0.05) is 32.5 Å². The second kappa shape index (κ2) is 8.12. The van der Waals surface area contributed by atoms with Gasteiger partial charge in [-0.05, 0) is 44.2 Å². The first-order chi connectivity index (χ1) is 13.6. The van der Waals surface area contributed by atoms with Gasteiger partial charge in [-0.2, -0.15) is 5.10 Å². The minimum absolute atomic E-state index is 0.0675. The van der Waals surface area contributed by atoms with Crippen molar-refractivity contribution in [3.05, 3.63) is 30.3 Å². The molecule has 0 radical (unpaired) electrons. The van der Waals surface area contributed by atoms with E-state index in [-0.39, 0.29) is 24.1 Å². The van der Waals surface area contributed by atoms with Crippen LogP contribution in [0.25, 0.3) is 0 Å². The summed E-state index contributed by atoms with van der Waals surface area (Å²) in [7, 11) is 0. The molecule has 2 saturated heterocycles. The maximum absolute atomic E-state index is 13.3. The Bertz CT molecular complexity index is 786. The summed E-state index contributed by atoms with van der Waals surface area (Å²) in [4.78, 5) is 42.1. The van der Waals surface area contributed by atoms with Crippen molar-refractivity contribution in [2.75, 3.05) is 24.6 Å². The summed E-state index contributed by atoms with van der Waals surface area (Å²) in [5.41, 5.74) is 1.02. The number of carbonyl (C=O) groups is 3. The van der Waals surface area contributed by atoms with Crippen molar-refractivity contribution < 1.29 is 14.4 Å². The van der Waals surface area contributed by atoms with Crippen molar-refractivity contribution in [3.8, 4) is 0 Å². The number of hydrazone groups is 1. The maximum atomic E-state index is 13.3. The minimum Gasteiger partial charge on any atom is -0.341 e. The predicted molar refractivity (Wildman–Crippen MR) is 106 cm³/mol. The first-order valence-corrected chi connectivity index (χ1v) is 10.2. The summed E-state index contributed by atoms with van der Waals surface area (Å²) >= 11 is 0. The zero-order valence-corrected chi connectivity index (χ0v) is 16.0. The highest BCUT2D eigenvalue weighted by Gasteiger charge is 2.38. The van der Waals surface area contributed by atoms with Crippen LogP contribution in [0.1, 0.15) is 44.9 Å². The van der Waals surface area contributed by atoms with Crippen LogP contribution in [0.5, 0.6) is 0 Å². The highest BCUT2D eigenvalue weighted by Crippen LogP contribution is 2.24. The van der Waals surface area contributed by atoms with Gasteiger partial charge in [0.05, 0.1) is 5.69 Å². The largest absolute Gasteiger partial charge is 0.341 e. The van der Waals surface area contributed by atoms with Gasteiger partial charge in [-0.25, -0.2) is 5.01 Å². The molecular weight excluding hydrogens is 356 g/mol. The van der Waals surface area contributed by atoms with Crippen molar-refractivity contribution in [3.63, 3.8) is 0 Å². The third kappa shape index (κ3) is 3.66. The Morgan fingerprint density at radius 2 is 1.64 bits per heavy atom. The Balaban J connectivity index is 1.56. The van der Waals surface area contributed by atoms with Crippen LogP contribution in [-0.2, 0) is 14.4 Å². The number of para-hydroxylation sites is 1. The Morgan fingerprint density at radius 3 is 2.39 bits per heavy atom. The minimum atomic E-state index is -0.398. The molecule has 7 heteroatoms. The van der Waals surface area contributed by atoms with Gasteiger partial charge in [-0.3, -0.25) is 14.4 Å². The number of piperidine rings is 1. The van der Waals surface area contributed by atoms with E-state index < -0.39 is 6.04 Å². The van der Waals surface area contributed by atoms with Crippen LogP contribution in [-0.4, -0.2) is 58.9 Å². The average Bonchev–Trinajstić information content (AvgIpc) is 3.29. The molecule has 28 heavy (non-hydrogen) atoms. The lowest BCUT2D eigenvalue weighted by Crippen LogP contribution is -2.54. The number of hydrogen-bond acceptors (Lipinski definition) is 4. The molecule has 0 bridgehead atoms. The van der Waals surface area contributed by atoms with Gasteiger partial charge in [0.1, 0.15) is 11.8 Å². The van der Waals surface area contributed by atoms with Gasteiger partial charge < -0.3 is 9.80 Å². The lowest BCUT2D eigenvalue weighted by molar-refractivity contribution is -0.143. The molecule has 148 valence electrons. The molecule has 3 aliphatic rings. The van der Waals surface area contributed by atoms with Gasteiger partial charge in [-0.15, -0.1) is 0 Å². The molecule has 0 spiro atoms. The van der Waals surface area contributed by atoms with Crippen molar-refractivity contribution >= 4 is 29.1 Å². The molecule has 0 aromatic heterocycles. The SMILES string of the molecule is O=C(C1CCCCN1C(=O)C1=NN(c2ccccc2)C(=O)CC1)N1CCCC1. The third-order valence-corrected chi connectivity index (χ3v) is 5.75. The number of hydrogen-bond donors (Lipinski definition) is 0. The number of likely N-dealkylation sites (tertiary alicyclic amines) is 2. The van der Waals surface area contributed by atoms with Crippen LogP contribution in [0, 0.1) is 0 Å². The Kier molecular flexibility index (Phi) is 5.41. The van der Waals surface area contributed by atoms with Crippen molar-refractivity contribution in [1.82, 2.24) is 9.80 Å². The summed E-state index contributed by atoms with van der Waals surface area (Å²) in [5, 5.41) is 5.70. The topological polar surface area (TPSA) is 73.3 Å². The molecule has 4 rings (SSSR count). The smallest absolute Gasteiger partial charge is 0.270 e. The molecule has 7 nitrogen and oxygen atoms in total. The van der Waals surface area contributed by atoms with E-state index in [2.05, 4.69) is 5.10 Å². The maximum Gasteiger partial charge on any atom is 0.270 e. The summed E-state index contributed by atoms with van der Waals surface area (Å²) in [6.07, 6.45) is 5.19. The number of anilines is 1. The second-order valence-corrected chi connectivity index (χ2v) is 7.63. The highest BCUT2D eigenvalue weighted by atomic mass is 16.2. The van der Waals surface area contributed by atoms with Gasteiger partial charge in [0.2, 0.25) is 11.8 Å². The Hall–Kier alpha value is -2.70. The van der Waals surface area contributed by atoms with E-state index in [0.717, 1.165) is 38.8 Å². The molecule has 1 aromatic carbocycles. The van der Waals surface area contributed by atoms with Crippen molar-refractivity contribution in [1.29, 1.82) is 0 Å². The summed E-state index contributed by atoms with van der Waals surface area (Å²) in [6.45, 7) is 2.14. The van der Waals surface area contributed by atoms with Crippen LogP contribution in [0.3, 0.4) is 0 Å². The van der Waals surface area contributed by atoms with E-state index in [1.807, 2.05) is 23.1 Å². The van der Waals surface area contributed by atoms with Crippen LogP contribution in [0.15, 0.2) is 35.4 Å². The molecule has 2 fully saturated rings. The fourth-order valence-electron chi connectivity index (χ4n) is 4.22. The van der Waals surface area contributed by atoms with Gasteiger partial charge >= 0.3 is 0 Å². The zero-order chi connectivity index (χ0) is 19.5. The summed E-state index contributed by atoms with van der Waals surface area (Å²) < 4.78 is 0. The molecule has 3 aliphatic heterocycles. The van der Waals surface area contributed by atoms with Crippen LogP contribution >= 0.6 is 0 Å². The highest BCUT2D eigenvalue weighted by molar-refractivity contribution is 6.40. The van der Waals surface area contributed by atoms with Crippen LogP contribution < -0.4 is 5.01 Å². The molecule has 0 N–H and O–H groups in total. The standard InChI is InChI=1S/C21H26N4O3/c26-19-12-11-17(22-25(19)16-8-2-1-3-9-16)20(27)24-15-5-4-10-18(24)21(28)23-13-6-7-14-23/h1-3,8-9,18H,4-7,10-15H2. The summed E-state index contributed by atoms with van der Waals surface area (Å²) in [5.74, 6) is -0.255. The van der Waals surface area contributed by atoms with E-state index in [4.69, 9.17) is 0 Å². The Labute approximate surface area is 165 Å². The fourth-order valence-corrected chi connectivity index (χ4v) is 4.22. The first-order valence-electron chi connectivity index (χ1n) is 10.2. The van der Waals surface area contributed by atoms with E-state index in [9.17, 15) is 14.4 Å². The molecule has 0 saturated carbocycles. The second-order valence-electron chi connectivity index (χ2n) is 7.63. The summed E-state index contributed by atoms with van der Waals surface area (Å²) in [6, 6.07) is 8.75. The number of rotatable bonds is 3. The number of nitrogens with zero attached hydrogens (tertiary/aromatic N) is 4. The molecular formula is C21H26N4O3. The van der Waals surface area contributed by atoms with Gasteiger partial charge in [-0.1, -0.05) is 18.2 Å². The Morgan fingerprint density at radius 1 is 0.929 bits per heavy atom. The molecule has 0 aliphatic carbocycles. The van der Waals surface area contributed by atoms with Gasteiger partial charge in [0.25, 0.3) is 5.91 Å². The molecule has 3 heterocycles. The molecule has 1 unspecified atom stereocenters. The first kappa shape index (κ1) is 18.7. The predicted octanol–water partition coefficient (Wildman–Crippen LogP) is 2.17. The third-order valence-electron chi connectivity index (χ3n) is 5.75. The number of amides is 3. The number of carbonyl (C=O) groups excluding carboxylic acids is 3. The number of benzene rings is 1. The van der Waals surface area contributed by atoms with Gasteiger partial charge in [0.15, 0.2) is 0 Å². The van der Waals surface area contributed by atoms with E-state index in [1.54, 1.807) is 17.0 Å². The zero-order valence-electron chi connectivity index (χ0n) is 16.0. The van der Waals surface area contributed by atoms with E-state index in [0.29, 0.717) is 30.8 Å². The fraction of sp³-hybridized carbons (Fsp3) is 0.524. The molecule has 3 amide bonds.